The van der Waals surface area contributed by atoms with Crippen molar-refractivity contribution in [3.8, 4) is 11.3 Å². The lowest BCUT2D eigenvalue weighted by molar-refractivity contribution is 0.102. The number of nitrogens with one attached hydrogen (secondary N) is 1. The molecule has 3 aromatic heterocycles. The second-order valence-electron chi connectivity index (χ2n) is 6.65. The number of anilines is 1. The van der Waals surface area contributed by atoms with Gasteiger partial charge in [-0.1, -0.05) is 24.3 Å². The van der Waals surface area contributed by atoms with Gasteiger partial charge in [0.15, 0.2) is 4.96 Å². The average molecular weight is 399 g/mol. The fourth-order valence-electron chi connectivity index (χ4n) is 3.14. The summed E-state index contributed by atoms with van der Waals surface area (Å²) in [7, 11) is 0. The number of imidazole rings is 1. The smallest absolute Gasteiger partial charge is 0.255 e. The zero-order chi connectivity index (χ0) is 19.6. The van der Waals surface area contributed by atoms with E-state index in [1.807, 2.05) is 87.7 Å². The lowest BCUT2D eigenvalue weighted by atomic mass is 10.1. The number of carbonyl (C=O) groups excluding carboxylic acids is 1. The summed E-state index contributed by atoms with van der Waals surface area (Å²) in [6, 6.07) is 17.2. The maximum absolute atomic E-state index is 12.5. The summed E-state index contributed by atoms with van der Waals surface area (Å²) in [6.07, 6.45) is 7.66. The minimum atomic E-state index is -0.133. The summed E-state index contributed by atoms with van der Waals surface area (Å²) in [4.78, 5) is 18.1. The van der Waals surface area contributed by atoms with E-state index in [9.17, 15) is 4.79 Å². The maximum atomic E-state index is 12.5. The van der Waals surface area contributed by atoms with Crippen LogP contribution in [0.25, 0.3) is 16.2 Å². The predicted octanol–water partition coefficient (Wildman–Crippen LogP) is 4.56. The minimum absolute atomic E-state index is 0.133. The Morgan fingerprint density at radius 1 is 1.03 bits per heavy atom. The highest BCUT2D eigenvalue weighted by Crippen LogP contribution is 2.23. The Balaban J connectivity index is 1.26. The van der Waals surface area contributed by atoms with E-state index in [1.54, 1.807) is 17.5 Å². The number of hydrogen-bond acceptors (Lipinski definition) is 4. The number of carbonyl (C=O) groups is 1. The molecule has 0 atom stereocenters. The molecule has 0 fully saturated rings. The van der Waals surface area contributed by atoms with Crippen LogP contribution in [0.4, 0.5) is 5.69 Å². The third-order valence-corrected chi connectivity index (χ3v) is 5.42. The van der Waals surface area contributed by atoms with Crippen LogP contribution in [-0.4, -0.2) is 25.1 Å². The van der Waals surface area contributed by atoms with Gasteiger partial charge < -0.3 is 5.32 Å². The lowest BCUT2D eigenvalue weighted by Gasteiger charge is -2.07. The first-order chi connectivity index (χ1) is 14.2. The van der Waals surface area contributed by atoms with E-state index in [0.29, 0.717) is 12.1 Å². The summed E-state index contributed by atoms with van der Waals surface area (Å²) in [5, 5.41) is 9.15. The van der Waals surface area contributed by atoms with E-state index < -0.39 is 0 Å². The fraction of sp³-hybridized carbons (Fsp3) is 0.0455. The highest BCUT2D eigenvalue weighted by Gasteiger charge is 2.08. The average Bonchev–Trinajstić information content (AvgIpc) is 3.47. The first kappa shape index (κ1) is 17.4. The third kappa shape index (κ3) is 3.68. The number of aromatic nitrogens is 4. The van der Waals surface area contributed by atoms with E-state index in [1.165, 1.54) is 0 Å². The van der Waals surface area contributed by atoms with Crippen LogP contribution in [0.1, 0.15) is 15.9 Å². The molecule has 2 aromatic carbocycles. The van der Waals surface area contributed by atoms with Crippen LogP contribution in [0.15, 0.2) is 84.8 Å². The lowest BCUT2D eigenvalue weighted by Crippen LogP contribution is -2.12. The molecule has 6 nitrogen and oxygen atoms in total. The molecule has 0 unspecified atom stereocenters. The van der Waals surface area contributed by atoms with Crippen molar-refractivity contribution >= 4 is 27.9 Å². The molecule has 0 spiro atoms. The number of hydrogen-bond donors (Lipinski definition) is 1. The van der Waals surface area contributed by atoms with Crippen LogP contribution in [-0.2, 0) is 6.54 Å². The first-order valence-corrected chi connectivity index (χ1v) is 10.0. The minimum Gasteiger partial charge on any atom is -0.322 e. The standard InChI is InChI=1S/C22H17N5OS/c28-21(18-4-2-16(3-5-18)14-27-11-1-10-23-27)24-19-8-6-17(7-9-19)20-15-26-12-13-29-22(26)25-20/h1-13,15H,14H2,(H,24,28). The van der Waals surface area contributed by atoms with E-state index in [0.717, 1.165) is 27.5 Å². The van der Waals surface area contributed by atoms with Gasteiger partial charge in [-0.15, -0.1) is 11.3 Å². The Morgan fingerprint density at radius 2 is 1.86 bits per heavy atom. The van der Waals surface area contributed by atoms with Crippen molar-refractivity contribution in [2.45, 2.75) is 6.54 Å². The SMILES string of the molecule is O=C(Nc1ccc(-c2cn3ccsc3n2)cc1)c1ccc(Cn2cccn2)cc1. The fourth-order valence-corrected chi connectivity index (χ4v) is 3.84. The van der Waals surface area contributed by atoms with Crippen LogP contribution >= 0.6 is 11.3 Å². The highest BCUT2D eigenvalue weighted by molar-refractivity contribution is 7.15. The monoisotopic (exact) mass is 399 g/mol. The van der Waals surface area contributed by atoms with Crippen LogP contribution in [0.2, 0.25) is 0 Å². The van der Waals surface area contributed by atoms with E-state index in [-0.39, 0.29) is 5.91 Å². The molecule has 5 rings (SSSR count). The van der Waals surface area contributed by atoms with Crippen LogP contribution in [0.3, 0.4) is 0 Å². The van der Waals surface area contributed by atoms with Crippen LogP contribution in [0.5, 0.6) is 0 Å². The van der Waals surface area contributed by atoms with E-state index >= 15 is 0 Å². The first-order valence-electron chi connectivity index (χ1n) is 9.15. The molecule has 0 bridgehead atoms. The van der Waals surface area contributed by atoms with Crippen molar-refractivity contribution in [1.82, 2.24) is 19.2 Å². The normalized spacial score (nSPS) is 11.0. The van der Waals surface area contributed by atoms with Crippen molar-refractivity contribution in [3.63, 3.8) is 0 Å². The van der Waals surface area contributed by atoms with Gasteiger partial charge >= 0.3 is 0 Å². The van der Waals surface area contributed by atoms with Crippen LogP contribution in [0, 0.1) is 0 Å². The van der Waals surface area contributed by atoms with Gasteiger partial charge in [0.2, 0.25) is 0 Å². The van der Waals surface area contributed by atoms with Crippen LogP contribution < -0.4 is 5.32 Å². The molecule has 0 saturated heterocycles. The molecule has 7 heteroatoms. The van der Waals surface area contributed by atoms with E-state index in [2.05, 4.69) is 15.4 Å². The van der Waals surface area contributed by atoms with Crippen molar-refractivity contribution in [3.05, 3.63) is 95.9 Å². The summed E-state index contributed by atoms with van der Waals surface area (Å²) < 4.78 is 3.85. The number of rotatable bonds is 5. The molecule has 1 amide bonds. The van der Waals surface area contributed by atoms with Gasteiger partial charge in [0.25, 0.3) is 5.91 Å². The van der Waals surface area contributed by atoms with Crippen molar-refractivity contribution in [2.24, 2.45) is 0 Å². The molecule has 142 valence electrons. The predicted molar refractivity (Wildman–Crippen MR) is 114 cm³/mol. The van der Waals surface area contributed by atoms with Gasteiger partial charge in [-0.25, -0.2) is 4.98 Å². The molecule has 0 saturated carbocycles. The number of amides is 1. The summed E-state index contributed by atoms with van der Waals surface area (Å²) in [6.45, 7) is 0.683. The van der Waals surface area contributed by atoms with Gasteiger partial charge in [0, 0.05) is 47.0 Å². The molecule has 0 aliphatic heterocycles. The molecular formula is C22H17N5OS. The zero-order valence-corrected chi connectivity index (χ0v) is 16.2. The second-order valence-corrected chi connectivity index (χ2v) is 7.52. The van der Waals surface area contributed by atoms with Crippen molar-refractivity contribution in [2.75, 3.05) is 5.32 Å². The van der Waals surface area contributed by atoms with Gasteiger partial charge in [-0.2, -0.15) is 5.10 Å². The third-order valence-electron chi connectivity index (χ3n) is 4.65. The largest absolute Gasteiger partial charge is 0.322 e. The van der Waals surface area contributed by atoms with Gasteiger partial charge in [-0.05, 0) is 35.9 Å². The van der Waals surface area contributed by atoms with Gasteiger partial charge in [0.1, 0.15) is 0 Å². The Morgan fingerprint density at radius 3 is 2.59 bits per heavy atom. The summed E-state index contributed by atoms with van der Waals surface area (Å²) in [5.74, 6) is -0.133. The molecule has 0 radical (unpaired) electrons. The van der Waals surface area contributed by atoms with E-state index in [4.69, 9.17) is 0 Å². The number of nitrogens with zero attached hydrogens (tertiary/aromatic N) is 4. The molecule has 3 heterocycles. The topological polar surface area (TPSA) is 64.2 Å². The maximum Gasteiger partial charge on any atom is 0.255 e. The number of thiazole rings is 1. The molecule has 5 aromatic rings. The van der Waals surface area contributed by atoms with Gasteiger partial charge in [0.05, 0.1) is 12.2 Å². The van der Waals surface area contributed by atoms with Crippen molar-refractivity contribution in [1.29, 1.82) is 0 Å². The highest BCUT2D eigenvalue weighted by atomic mass is 32.1. The molecular weight excluding hydrogens is 382 g/mol. The Hall–Kier alpha value is -3.71. The summed E-state index contributed by atoms with van der Waals surface area (Å²) >= 11 is 1.60. The molecule has 0 aliphatic carbocycles. The number of benzene rings is 2. The quantitative estimate of drug-likeness (QED) is 0.471. The number of fused-ring (bicyclic) bond motifs is 1. The Labute approximate surface area is 171 Å². The Bertz CT molecular complexity index is 1220. The second kappa shape index (κ2) is 7.37. The molecule has 29 heavy (non-hydrogen) atoms. The molecule has 1 N–H and O–H groups in total. The van der Waals surface area contributed by atoms with Gasteiger partial charge in [-0.3, -0.25) is 13.9 Å². The van der Waals surface area contributed by atoms with Crippen molar-refractivity contribution < 1.29 is 4.79 Å². The Kier molecular flexibility index (Phi) is 4.42. The molecule has 0 aliphatic rings. The summed E-state index contributed by atoms with van der Waals surface area (Å²) in [5.41, 5.74) is 4.40. The zero-order valence-electron chi connectivity index (χ0n) is 15.4.